The molecule has 228 valence electrons. The second kappa shape index (κ2) is 25.6. The molecule has 0 fully saturated rings. The van der Waals surface area contributed by atoms with E-state index in [1.807, 2.05) is 21.1 Å². The van der Waals surface area contributed by atoms with Gasteiger partial charge in [-0.05, 0) is 19.3 Å². The summed E-state index contributed by atoms with van der Waals surface area (Å²) in [6.45, 7) is 4.29. The summed E-state index contributed by atoms with van der Waals surface area (Å²) in [6, 6.07) is 0. The number of hydrogen-bond donors (Lipinski definition) is 1. The van der Waals surface area contributed by atoms with Crippen LogP contribution in [-0.4, -0.2) is 82.5 Å². The number of unbranched alkanes of at least 4 members (excludes halogenated alkanes) is 15. The van der Waals surface area contributed by atoms with Crippen molar-refractivity contribution in [2.45, 2.75) is 122 Å². The molecule has 0 rings (SSSR count). The molecular weight excluding hydrogens is 505 g/mol. The highest BCUT2D eigenvalue weighted by molar-refractivity contribution is 7.47. The molecule has 2 atom stereocenters. The molecule has 0 aliphatic heterocycles. The van der Waals surface area contributed by atoms with Crippen LogP contribution in [-0.2, 0) is 27.9 Å². The van der Waals surface area contributed by atoms with Gasteiger partial charge < -0.3 is 23.6 Å². The summed E-state index contributed by atoms with van der Waals surface area (Å²) < 4.78 is 34.7. The number of aldehydes is 1. The van der Waals surface area contributed by atoms with Crippen molar-refractivity contribution in [3.05, 3.63) is 0 Å². The number of carbonyl (C=O) groups excluding carboxylic acids is 1. The van der Waals surface area contributed by atoms with E-state index in [0.717, 1.165) is 32.0 Å². The van der Waals surface area contributed by atoms with Crippen molar-refractivity contribution < 1.29 is 37.3 Å². The Morgan fingerprint density at radius 2 is 1.24 bits per heavy atom. The molecule has 0 amide bonds. The predicted molar refractivity (Wildman–Crippen MR) is 155 cm³/mol. The lowest BCUT2D eigenvalue weighted by Crippen LogP contribution is -2.37. The monoisotopic (exact) mass is 566 g/mol. The fourth-order valence-corrected chi connectivity index (χ4v) is 4.72. The zero-order valence-electron chi connectivity index (χ0n) is 25.2. The summed E-state index contributed by atoms with van der Waals surface area (Å²) in [4.78, 5) is 20.5. The zero-order chi connectivity index (χ0) is 28.4. The van der Waals surface area contributed by atoms with Crippen molar-refractivity contribution in [2.24, 2.45) is 0 Å². The predicted octanol–water partition coefficient (Wildman–Crippen LogP) is 7.08. The van der Waals surface area contributed by atoms with E-state index in [9.17, 15) is 14.3 Å². The maximum Gasteiger partial charge on any atom is 0.472 e. The molecule has 1 N–H and O–H groups in total. The third-order valence-electron chi connectivity index (χ3n) is 6.46. The minimum absolute atomic E-state index is 0.0788. The molecule has 8 nitrogen and oxygen atoms in total. The van der Waals surface area contributed by atoms with Crippen LogP contribution in [0.1, 0.15) is 116 Å². The van der Waals surface area contributed by atoms with Crippen LogP contribution in [0.15, 0.2) is 0 Å². The van der Waals surface area contributed by atoms with Crippen molar-refractivity contribution in [3.8, 4) is 0 Å². The average molecular weight is 567 g/mol. The summed E-state index contributed by atoms with van der Waals surface area (Å²) in [7, 11) is 1.80. The molecule has 0 aliphatic rings. The Labute approximate surface area is 234 Å². The van der Waals surface area contributed by atoms with Gasteiger partial charge in [0.05, 0.1) is 34.4 Å². The molecule has 0 aromatic heterocycles. The van der Waals surface area contributed by atoms with Crippen molar-refractivity contribution >= 4 is 14.1 Å². The molecule has 0 saturated carbocycles. The Balaban J connectivity index is 3.96. The van der Waals surface area contributed by atoms with E-state index in [2.05, 4.69) is 6.92 Å². The number of nitrogens with zero attached hydrogens (tertiary/aromatic N) is 1. The number of phosphoric acid groups is 1. The van der Waals surface area contributed by atoms with Crippen LogP contribution >= 0.6 is 7.82 Å². The molecule has 2 unspecified atom stereocenters. The topological polar surface area (TPSA) is 91.3 Å². The fourth-order valence-electron chi connectivity index (χ4n) is 3.98. The standard InChI is InChI=1S/C29H60NO7P/c1-5-6-7-8-9-10-11-12-13-14-15-16-17-20-24-34-27-29(35-25-21-18-19-23-31)28-37-38(32,33)36-26-22-30(2,3)4/h23,29H,5-22,24-28H2,1-4H3/p+1. The highest BCUT2D eigenvalue weighted by Crippen LogP contribution is 2.43. The van der Waals surface area contributed by atoms with Crippen LogP contribution < -0.4 is 0 Å². The first-order valence-corrected chi connectivity index (χ1v) is 16.7. The molecule has 9 heteroatoms. The number of ether oxygens (including phenoxy) is 2. The Kier molecular flexibility index (Phi) is 25.4. The zero-order valence-corrected chi connectivity index (χ0v) is 26.1. The second-order valence-corrected chi connectivity index (χ2v) is 12.9. The van der Waals surface area contributed by atoms with Gasteiger partial charge in [0.25, 0.3) is 0 Å². The molecule has 0 aromatic carbocycles. The largest absolute Gasteiger partial charge is 0.472 e. The van der Waals surface area contributed by atoms with E-state index < -0.39 is 13.9 Å². The number of quaternary nitrogens is 1. The molecule has 0 saturated heterocycles. The first-order valence-electron chi connectivity index (χ1n) is 15.3. The van der Waals surface area contributed by atoms with E-state index in [-0.39, 0.29) is 13.2 Å². The first-order chi connectivity index (χ1) is 18.2. The van der Waals surface area contributed by atoms with Gasteiger partial charge in [0, 0.05) is 19.6 Å². The molecule has 38 heavy (non-hydrogen) atoms. The van der Waals surface area contributed by atoms with Gasteiger partial charge >= 0.3 is 7.82 Å². The molecule has 0 aromatic rings. The normalized spacial score (nSPS) is 14.4. The summed E-state index contributed by atoms with van der Waals surface area (Å²) >= 11 is 0. The Morgan fingerprint density at radius 3 is 1.76 bits per heavy atom. The number of hydrogen-bond acceptors (Lipinski definition) is 6. The van der Waals surface area contributed by atoms with E-state index in [1.54, 1.807) is 0 Å². The van der Waals surface area contributed by atoms with Gasteiger partial charge in [-0.25, -0.2) is 4.57 Å². The quantitative estimate of drug-likeness (QED) is 0.0430. The maximum atomic E-state index is 12.2. The minimum atomic E-state index is -4.15. The smallest absolute Gasteiger partial charge is 0.379 e. The molecule has 0 aliphatic carbocycles. The number of carbonyl (C=O) groups is 1. The van der Waals surface area contributed by atoms with Gasteiger partial charge in [0.1, 0.15) is 25.5 Å². The van der Waals surface area contributed by atoms with Crippen LogP contribution in [0.2, 0.25) is 0 Å². The lowest BCUT2D eigenvalue weighted by Gasteiger charge is -2.24. The second-order valence-electron chi connectivity index (χ2n) is 11.4. The van der Waals surface area contributed by atoms with Crippen LogP contribution in [0.25, 0.3) is 0 Å². The van der Waals surface area contributed by atoms with Gasteiger partial charge in [-0.1, -0.05) is 90.4 Å². The van der Waals surface area contributed by atoms with E-state index in [0.29, 0.717) is 37.3 Å². The Bertz CT molecular complexity index is 572. The number of likely N-dealkylation sites (N-methyl/N-ethyl adjacent to an activating group) is 1. The molecule has 0 radical (unpaired) electrons. The lowest BCUT2D eigenvalue weighted by molar-refractivity contribution is -0.870. The van der Waals surface area contributed by atoms with E-state index >= 15 is 0 Å². The van der Waals surface area contributed by atoms with Gasteiger partial charge in [0.2, 0.25) is 0 Å². The fraction of sp³-hybridized carbons (Fsp3) is 0.966. The van der Waals surface area contributed by atoms with Gasteiger partial charge in [-0.15, -0.1) is 0 Å². The van der Waals surface area contributed by atoms with Crippen LogP contribution in [0.5, 0.6) is 0 Å². The maximum absolute atomic E-state index is 12.2. The van der Waals surface area contributed by atoms with Crippen molar-refractivity contribution in [3.63, 3.8) is 0 Å². The Morgan fingerprint density at radius 1 is 0.711 bits per heavy atom. The minimum Gasteiger partial charge on any atom is -0.379 e. The van der Waals surface area contributed by atoms with Crippen molar-refractivity contribution in [2.75, 3.05) is 60.7 Å². The summed E-state index contributed by atoms with van der Waals surface area (Å²) in [5, 5.41) is 0. The third kappa shape index (κ3) is 28.7. The number of rotatable bonds is 30. The van der Waals surface area contributed by atoms with Crippen molar-refractivity contribution in [1.82, 2.24) is 0 Å². The van der Waals surface area contributed by atoms with E-state index in [1.165, 1.54) is 77.0 Å². The number of phosphoric ester groups is 1. The average Bonchev–Trinajstić information content (AvgIpc) is 2.85. The molecule has 0 spiro atoms. The van der Waals surface area contributed by atoms with Gasteiger partial charge in [0.15, 0.2) is 0 Å². The lowest BCUT2D eigenvalue weighted by atomic mass is 10.0. The highest BCUT2D eigenvalue weighted by Gasteiger charge is 2.25. The van der Waals surface area contributed by atoms with Crippen molar-refractivity contribution in [1.29, 1.82) is 0 Å². The van der Waals surface area contributed by atoms with Crippen LogP contribution in [0, 0.1) is 0 Å². The summed E-state index contributed by atoms with van der Waals surface area (Å²) in [5.41, 5.74) is 0. The third-order valence-corrected chi connectivity index (χ3v) is 7.44. The highest BCUT2D eigenvalue weighted by atomic mass is 31.2. The molecular formula is C29H61NO7P+. The summed E-state index contributed by atoms with van der Waals surface area (Å²) in [5.74, 6) is 0. The first kappa shape index (κ1) is 37.7. The molecule has 0 heterocycles. The van der Waals surface area contributed by atoms with Gasteiger partial charge in [-0.2, -0.15) is 0 Å². The summed E-state index contributed by atoms with van der Waals surface area (Å²) in [6.07, 6.45) is 20.9. The van der Waals surface area contributed by atoms with Crippen LogP contribution in [0.4, 0.5) is 0 Å². The van der Waals surface area contributed by atoms with E-state index in [4.69, 9.17) is 18.5 Å². The van der Waals surface area contributed by atoms with Gasteiger partial charge in [-0.3, -0.25) is 9.05 Å². The molecule has 0 bridgehead atoms. The Hall–Kier alpha value is -0.340. The SMILES string of the molecule is CCCCCCCCCCCCCCCCOCC(COP(=O)(O)OCC[N+](C)(C)C)OCCCCC=O. The van der Waals surface area contributed by atoms with Crippen LogP contribution in [0.3, 0.4) is 0 Å².